The van der Waals surface area contributed by atoms with E-state index in [1.165, 1.54) is 18.0 Å². The zero-order valence-electron chi connectivity index (χ0n) is 11.1. The fourth-order valence-electron chi connectivity index (χ4n) is 2.42. The molecule has 8 heteroatoms. The molecule has 2 rings (SSSR count). The Bertz CT molecular complexity index is 513. The normalized spacial score (nSPS) is 22.6. The lowest BCUT2D eigenvalue weighted by molar-refractivity contribution is -0.384. The summed E-state index contributed by atoms with van der Waals surface area (Å²) in [4.78, 5) is 23.9. The quantitative estimate of drug-likeness (QED) is 0.452. The zero-order valence-corrected chi connectivity index (χ0v) is 11.1. The molecule has 104 valence electrons. The van der Waals surface area contributed by atoms with Crippen molar-refractivity contribution in [2.45, 2.75) is 6.92 Å². The van der Waals surface area contributed by atoms with Crippen molar-refractivity contribution < 1.29 is 14.5 Å². The maximum Gasteiger partial charge on any atom is 0.330 e. The van der Waals surface area contributed by atoms with Crippen LogP contribution in [0.2, 0.25) is 0 Å². The molecule has 0 saturated carbocycles. The number of nitrogens with zero attached hydrogens (tertiary/aromatic N) is 4. The Morgan fingerprint density at radius 2 is 2.26 bits per heavy atom. The maximum absolute atomic E-state index is 11.6. The number of anilines is 1. The van der Waals surface area contributed by atoms with E-state index in [1.807, 2.05) is 6.92 Å². The van der Waals surface area contributed by atoms with E-state index in [0.717, 1.165) is 0 Å². The average molecular weight is 268 g/mol. The SMILES string of the molecule is COC(=O)C1CN(c2nn(C)cc2[N+](=O)[O-])CC1C. The van der Waals surface area contributed by atoms with Gasteiger partial charge in [-0.3, -0.25) is 19.6 Å². The van der Waals surface area contributed by atoms with Gasteiger partial charge in [0.15, 0.2) is 0 Å². The van der Waals surface area contributed by atoms with Crippen LogP contribution in [0.25, 0.3) is 0 Å². The van der Waals surface area contributed by atoms with Crippen molar-refractivity contribution in [1.82, 2.24) is 9.78 Å². The largest absolute Gasteiger partial charge is 0.469 e. The molecule has 0 amide bonds. The first-order valence-electron chi connectivity index (χ1n) is 5.94. The van der Waals surface area contributed by atoms with E-state index in [2.05, 4.69) is 5.10 Å². The lowest BCUT2D eigenvalue weighted by Gasteiger charge is -2.13. The number of ether oxygens (including phenoxy) is 1. The van der Waals surface area contributed by atoms with Gasteiger partial charge in [-0.25, -0.2) is 0 Å². The topological polar surface area (TPSA) is 90.5 Å². The summed E-state index contributed by atoms with van der Waals surface area (Å²) in [5, 5.41) is 15.1. The predicted octanol–water partition coefficient (Wildman–Crippen LogP) is 0.574. The first-order chi connectivity index (χ1) is 8.93. The number of carbonyl (C=O) groups is 1. The minimum absolute atomic E-state index is 0.0415. The van der Waals surface area contributed by atoms with Gasteiger partial charge in [-0.1, -0.05) is 6.92 Å². The van der Waals surface area contributed by atoms with Crippen molar-refractivity contribution in [2.24, 2.45) is 18.9 Å². The van der Waals surface area contributed by atoms with E-state index in [0.29, 0.717) is 18.9 Å². The summed E-state index contributed by atoms with van der Waals surface area (Å²) in [5.74, 6) is -0.167. The standard InChI is InChI=1S/C11H16N4O4/c1-7-4-14(5-8(7)11(16)19-3)10-9(15(17)18)6-13(2)12-10/h6-8H,4-5H2,1-3H3. The van der Waals surface area contributed by atoms with Crippen LogP contribution in [0.3, 0.4) is 0 Å². The highest BCUT2D eigenvalue weighted by Crippen LogP contribution is 2.33. The minimum Gasteiger partial charge on any atom is -0.469 e. The molecule has 1 saturated heterocycles. The van der Waals surface area contributed by atoms with Gasteiger partial charge in [-0.15, -0.1) is 5.10 Å². The third-order valence-electron chi connectivity index (χ3n) is 3.40. The second-order valence-corrected chi connectivity index (χ2v) is 4.78. The van der Waals surface area contributed by atoms with Crippen LogP contribution < -0.4 is 4.90 Å². The number of hydrogen-bond acceptors (Lipinski definition) is 6. The Labute approximate surface area is 110 Å². The summed E-state index contributed by atoms with van der Waals surface area (Å²) in [6.07, 6.45) is 1.37. The lowest BCUT2D eigenvalue weighted by Crippen LogP contribution is -2.25. The van der Waals surface area contributed by atoms with Crippen LogP contribution in [0.4, 0.5) is 11.5 Å². The van der Waals surface area contributed by atoms with Gasteiger partial charge >= 0.3 is 11.7 Å². The van der Waals surface area contributed by atoms with Gasteiger partial charge in [-0.2, -0.15) is 0 Å². The Kier molecular flexibility index (Phi) is 3.41. The van der Waals surface area contributed by atoms with E-state index < -0.39 is 4.92 Å². The van der Waals surface area contributed by atoms with Crippen LogP contribution in [0.15, 0.2) is 6.20 Å². The summed E-state index contributed by atoms with van der Waals surface area (Å²) in [6.45, 7) is 2.87. The number of aromatic nitrogens is 2. The molecule has 1 fully saturated rings. The van der Waals surface area contributed by atoms with Gasteiger partial charge in [-0.05, 0) is 5.92 Å². The van der Waals surface area contributed by atoms with Crippen molar-refractivity contribution >= 4 is 17.5 Å². The number of nitro groups is 1. The van der Waals surface area contributed by atoms with Gasteiger partial charge in [0, 0.05) is 20.1 Å². The molecule has 19 heavy (non-hydrogen) atoms. The minimum atomic E-state index is -0.460. The van der Waals surface area contributed by atoms with Gasteiger partial charge in [0.2, 0.25) is 5.82 Å². The van der Waals surface area contributed by atoms with Crippen molar-refractivity contribution in [1.29, 1.82) is 0 Å². The molecule has 2 heterocycles. The van der Waals surface area contributed by atoms with Crippen LogP contribution in [-0.4, -0.2) is 40.9 Å². The molecule has 1 aromatic heterocycles. The smallest absolute Gasteiger partial charge is 0.330 e. The molecule has 8 nitrogen and oxygen atoms in total. The monoisotopic (exact) mass is 268 g/mol. The van der Waals surface area contributed by atoms with E-state index in [4.69, 9.17) is 4.74 Å². The number of rotatable bonds is 3. The number of carbonyl (C=O) groups excluding carboxylic acids is 1. The van der Waals surface area contributed by atoms with Crippen LogP contribution in [-0.2, 0) is 16.6 Å². The molecule has 1 aliphatic rings. The molecule has 1 aromatic rings. The maximum atomic E-state index is 11.6. The van der Waals surface area contributed by atoms with Gasteiger partial charge in [0.25, 0.3) is 0 Å². The Balaban J connectivity index is 2.25. The molecule has 0 bridgehead atoms. The van der Waals surface area contributed by atoms with Crippen molar-refractivity contribution in [2.75, 3.05) is 25.1 Å². The van der Waals surface area contributed by atoms with Crippen LogP contribution in [0, 0.1) is 22.0 Å². The third kappa shape index (κ3) is 2.38. The molecule has 2 atom stereocenters. The highest BCUT2D eigenvalue weighted by molar-refractivity contribution is 5.75. The van der Waals surface area contributed by atoms with E-state index in [1.54, 1.807) is 11.9 Å². The van der Waals surface area contributed by atoms with E-state index in [-0.39, 0.29) is 23.5 Å². The first kappa shape index (κ1) is 13.3. The molecule has 0 spiro atoms. The number of methoxy groups -OCH3 is 1. The van der Waals surface area contributed by atoms with Gasteiger partial charge in [0.05, 0.1) is 18.0 Å². The summed E-state index contributed by atoms with van der Waals surface area (Å²) < 4.78 is 6.15. The lowest BCUT2D eigenvalue weighted by atomic mass is 9.99. The molecule has 2 unspecified atom stereocenters. The molecule has 1 aliphatic heterocycles. The van der Waals surface area contributed by atoms with Gasteiger partial charge < -0.3 is 9.64 Å². The van der Waals surface area contributed by atoms with Crippen molar-refractivity contribution in [3.8, 4) is 0 Å². The molecule has 0 radical (unpaired) electrons. The van der Waals surface area contributed by atoms with Crippen LogP contribution in [0.5, 0.6) is 0 Å². The molecular formula is C11H16N4O4. The fraction of sp³-hybridized carbons (Fsp3) is 0.636. The van der Waals surface area contributed by atoms with Crippen LogP contribution in [0.1, 0.15) is 6.92 Å². The Hall–Kier alpha value is -2.12. The summed E-state index contributed by atoms with van der Waals surface area (Å²) in [7, 11) is 2.98. The molecule has 0 N–H and O–H groups in total. The first-order valence-corrected chi connectivity index (χ1v) is 5.94. The average Bonchev–Trinajstić information content (AvgIpc) is 2.91. The highest BCUT2D eigenvalue weighted by atomic mass is 16.6. The summed E-state index contributed by atoms with van der Waals surface area (Å²) >= 11 is 0. The van der Waals surface area contributed by atoms with Crippen molar-refractivity contribution in [3.63, 3.8) is 0 Å². The third-order valence-corrected chi connectivity index (χ3v) is 3.40. The number of esters is 1. The summed E-state index contributed by atoms with van der Waals surface area (Å²) in [6, 6.07) is 0. The van der Waals surface area contributed by atoms with E-state index in [9.17, 15) is 14.9 Å². The van der Waals surface area contributed by atoms with Crippen LogP contribution >= 0.6 is 0 Å². The van der Waals surface area contributed by atoms with E-state index >= 15 is 0 Å². The number of hydrogen-bond donors (Lipinski definition) is 0. The molecule has 0 aliphatic carbocycles. The fourth-order valence-corrected chi connectivity index (χ4v) is 2.42. The van der Waals surface area contributed by atoms with Crippen molar-refractivity contribution in [3.05, 3.63) is 16.3 Å². The second kappa shape index (κ2) is 4.87. The second-order valence-electron chi connectivity index (χ2n) is 4.78. The Morgan fingerprint density at radius 1 is 1.58 bits per heavy atom. The highest BCUT2D eigenvalue weighted by Gasteiger charge is 2.39. The zero-order chi connectivity index (χ0) is 14.2. The molecule has 0 aromatic carbocycles. The molecular weight excluding hydrogens is 252 g/mol. The van der Waals surface area contributed by atoms with Gasteiger partial charge in [0.1, 0.15) is 6.20 Å². The Morgan fingerprint density at radius 3 is 2.84 bits per heavy atom. The summed E-state index contributed by atoms with van der Waals surface area (Å²) in [5.41, 5.74) is -0.0415. The number of aryl methyl sites for hydroxylation is 1. The predicted molar refractivity (Wildman–Crippen MR) is 66.7 cm³/mol.